The molecule has 0 aliphatic carbocycles. The number of nitrogens with one attached hydrogen (secondary N) is 2. The van der Waals surface area contributed by atoms with Crippen LogP contribution in [-0.2, 0) is 0 Å². The number of nitrogens with two attached hydrogens (primary N) is 2. The van der Waals surface area contributed by atoms with Gasteiger partial charge in [-0.3, -0.25) is 10.8 Å². The number of hydrogen-bond acceptors (Lipinski definition) is 4. The fourth-order valence-electron chi connectivity index (χ4n) is 0.899. The third-order valence-electron chi connectivity index (χ3n) is 1.59. The predicted molar refractivity (Wildman–Crippen MR) is 67.3 cm³/mol. The van der Waals surface area contributed by atoms with Gasteiger partial charge in [0.15, 0.2) is 0 Å². The van der Waals surface area contributed by atoms with Crippen LogP contribution in [0.25, 0.3) is 0 Å². The fraction of sp³-hybridized carbons (Fsp3) is 0.125. The molecule has 0 radical (unpaired) electrons. The molecule has 1 aromatic heterocycles. The second-order valence-corrected chi connectivity index (χ2v) is 2.60. The van der Waals surface area contributed by atoms with Gasteiger partial charge < -0.3 is 16.2 Å². The van der Waals surface area contributed by atoms with E-state index in [1.165, 1.54) is 19.2 Å². The number of nitrogens with zero attached hydrogens (tertiary/aromatic N) is 1. The highest BCUT2D eigenvalue weighted by Gasteiger charge is 2.06. The van der Waals surface area contributed by atoms with Gasteiger partial charge in [-0.25, -0.2) is 4.98 Å². The number of methoxy groups -OCH3 is 1. The molecule has 0 spiro atoms. The van der Waals surface area contributed by atoms with E-state index in [1.807, 2.05) is 0 Å². The van der Waals surface area contributed by atoms with E-state index in [4.69, 9.17) is 27.0 Å². The predicted octanol–water partition coefficient (Wildman–Crippen LogP) is 0.502. The van der Waals surface area contributed by atoms with Gasteiger partial charge in [0, 0.05) is 12.1 Å². The van der Waals surface area contributed by atoms with E-state index in [0.29, 0.717) is 5.75 Å². The second kappa shape index (κ2) is 6.86. The summed E-state index contributed by atoms with van der Waals surface area (Å²) in [7, 11) is 1.48. The van der Waals surface area contributed by atoms with Gasteiger partial charge in [0.2, 0.25) is 0 Å². The lowest BCUT2D eigenvalue weighted by Gasteiger charge is -2.05. The molecule has 90 valence electrons. The number of aromatic nitrogens is 1. The molecule has 1 aromatic rings. The molecule has 16 heavy (non-hydrogen) atoms. The Morgan fingerprint density at radius 2 is 1.50 bits per heavy atom. The first-order chi connectivity index (χ1) is 6.54. The molecule has 6 nitrogen and oxygen atoms in total. The summed E-state index contributed by atoms with van der Waals surface area (Å²) in [6.07, 6.45) is 0. The van der Waals surface area contributed by atoms with Crippen LogP contribution in [0.2, 0.25) is 0 Å². The molecule has 0 saturated heterocycles. The third kappa shape index (κ3) is 3.92. The lowest BCUT2D eigenvalue weighted by Crippen LogP contribution is -2.19. The topological polar surface area (TPSA) is 122 Å². The summed E-state index contributed by atoms with van der Waals surface area (Å²) in [6, 6.07) is 3.02. The minimum absolute atomic E-state index is 0. The maximum Gasteiger partial charge on any atom is 0.141 e. The minimum atomic E-state index is -0.189. The van der Waals surface area contributed by atoms with Gasteiger partial charge in [0.25, 0.3) is 0 Å². The maximum absolute atomic E-state index is 7.19. The molecule has 8 heteroatoms. The molecule has 1 rings (SSSR count). The first kappa shape index (κ1) is 16.9. The fourth-order valence-corrected chi connectivity index (χ4v) is 0.899. The normalized spacial score (nSPS) is 8.31. The van der Waals surface area contributed by atoms with E-state index in [9.17, 15) is 0 Å². The Bertz CT molecular complexity index is 364. The van der Waals surface area contributed by atoms with E-state index in [-0.39, 0.29) is 47.9 Å². The first-order valence-electron chi connectivity index (χ1n) is 3.79. The highest BCUT2D eigenvalue weighted by atomic mass is 35.5. The Hall–Kier alpha value is -1.53. The summed E-state index contributed by atoms with van der Waals surface area (Å²) in [5.41, 5.74) is 11.0. The Balaban J connectivity index is 0. The van der Waals surface area contributed by atoms with Crippen LogP contribution in [0, 0.1) is 10.8 Å². The van der Waals surface area contributed by atoms with Crippen molar-refractivity contribution >= 4 is 36.5 Å². The average molecular weight is 266 g/mol. The van der Waals surface area contributed by atoms with Crippen LogP contribution in [0.15, 0.2) is 12.1 Å². The van der Waals surface area contributed by atoms with Crippen molar-refractivity contribution in [3.8, 4) is 5.75 Å². The number of ether oxygens (including phenoxy) is 1. The smallest absolute Gasteiger partial charge is 0.141 e. The highest BCUT2D eigenvalue weighted by Crippen LogP contribution is 2.13. The number of rotatable bonds is 3. The zero-order valence-corrected chi connectivity index (χ0v) is 10.1. The zero-order valence-electron chi connectivity index (χ0n) is 8.48. The lowest BCUT2D eigenvalue weighted by atomic mass is 10.2. The Labute approximate surface area is 105 Å². The molecule has 0 atom stereocenters. The van der Waals surface area contributed by atoms with Crippen molar-refractivity contribution in [1.29, 1.82) is 10.8 Å². The van der Waals surface area contributed by atoms with Crippen molar-refractivity contribution in [2.24, 2.45) is 11.5 Å². The van der Waals surface area contributed by atoms with Crippen molar-refractivity contribution in [2.45, 2.75) is 0 Å². The quantitative estimate of drug-likeness (QED) is 0.470. The largest absolute Gasteiger partial charge is 0.497 e. The highest BCUT2D eigenvalue weighted by molar-refractivity contribution is 5.97. The lowest BCUT2D eigenvalue weighted by molar-refractivity contribution is 0.414. The zero-order chi connectivity index (χ0) is 10.7. The molecule has 0 aliphatic heterocycles. The van der Waals surface area contributed by atoms with Gasteiger partial charge in [-0.05, 0) is 0 Å². The van der Waals surface area contributed by atoms with Crippen LogP contribution in [-0.4, -0.2) is 23.8 Å². The van der Waals surface area contributed by atoms with Crippen LogP contribution < -0.4 is 16.2 Å². The van der Waals surface area contributed by atoms with Crippen LogP contribution in [0.1, 0.15) is 11.4 Å². The summed E-state index contributed by atoms with van der Waals surface area (Å²) >= 11 is 0. The molecule has 0 unspecified atom stereocenters. The third-order valence-corrected chi connectivity index (χ3v) is 1.59. The molecule has 0 aliphatic rings. The van der Waals surface area contributed by atoms with Crippen LogP contribution in [0.5, 0.6) is 5.75 Å². The molecule has 0 fully saturated rings. The van der Waals surface area contributed by atoms with E-state index < -0.39 is 0 Å². The van der Waals surface area contributed by atoms with Gasteiger partial charge in [0.05, 0.1) is 7.11 Å². The molecule has 6 N–H and O–H groups in total. The van der Waals surface area contributed by atoms with E-state index in [0.717, 1.165) is 0 Å². The number of amidine groups is 2. The van der Waals surface area contributed by atoms with Gasteiger partial charge >= 0.3 is 0 Å². The first-order valence-corrected chi connectivity index (χ1v) is 3.79. The van der Waals surface area contributed by atoms with Crippen molar-refractivity contribution < 1.29 is 4.74 Å². The summed E-state index contributed by atoms with van der Waals surface area (Å²) in [4.78, 5) is 3.90. The van der Waals surface area contributed by atoms with Crippen molar-refractivity contribution in [3.63, 3.8) is 0 Å². The number of pyridine rings is 1. The number of hydrogen-bond donors (Lipinski definition) is 4. The monoisotopic (exact) mass is 265 g/mol. The Morgan fingerprint density at radius 1 is 1.12 bits per heavy atom. The van der Waals surface area contributed by atoms with Crippen LogP contribution in [0.3, 0.4) is 0 Å². The number of nitrogen functional groups attached to an aromatic ring is 2. The maximum atomic E-state index is 7.19. The average Bonchev–Trinajstić information content (AvgIpc) is 2.16. The standard InChI is InChI=1S/C8H11N5O.2ClH/c1-14-4-2-5(7(9)10)13-6(3-4)8(11)12;;/h2-3H,1H3,(H3,9,10)(H3,11,12);2*1H. The van der Waals surface area contributed by atoms with Crippen molar-refractivity contribution in [3.05, 3.63) is 23.5 Å². The minimum Gasteiger partial charge on any atom is -0.497 e. The Kier molecular flexibility index (Phi) is 7.24. The van der Waals surface area contributed by atoms with Crippen molar-refractivity contribution in [2.75, 3.05) is 7.11 Å². The summed E-state index contributed by atoms with van der Waals surface area (Å²) < 4.78 is 4.95. The van der Waals surface area contributed by atoms with Crippen molar-refractivity contribution in [1.82, 2.24) is 4.98 Å². The Morgan fingerprint density at radius 3 is 1.75 bits per heavy atom. The number of halogens is 2. The summed E-state index contributed by atoms with van der Waals surface area (Å²) in [6.45, 7) is 0. The van der Waals surface area contributed by atoms with E-state index in [2.05, 4.69) is 4.98 Å². The molecule has 0 bridgehead atoms. The second-order valence-electron chi connectivity index (χ2n) is 2.60. The SMILES string of the molecule is COc1cc(C(=N)N)nc(C(=N)N)c1.Cl.Cl. The molecule has 0 saturated carbocycles. The van der Waals surface area contributed by atoms with Crippen LogP contribution >= 0.6 is 24.8 Å². The summed E-state index contributed by atoms with van der Waals surface area (Å²) in [5.74, 6) is 0.0909. The molecular weight excluding hydrogens is 253 g/mol. The van der Waals surface area contributed by atoms with E-state index >= 15 is 0 Å². The van der Waals surface area contributed by atoms with E-state index in [1.54, 1.807) is 0 Å². The molecule has 0 amide bonds. The van der Waals surface area contributed by atoms with Gasteiger partial charge in [-0.15, -0.1) is 24.8 Å². The molecule has 0 aromatic carbocycles. The van der Waals surface area contributed by atoms with Gasteiger partial charge in [0.1, 0.15) is 28.8 Å². The van der Waals surface area contributed by atoms with Crippen LogP contribution in [0.4, 0.5) is 0 Å². The van der Waals surface area contributed by atoms with Gasteiger partial charge in [-0.2, -0.15) is 0 Å². The molecular formula is C8H13Cl2N5O. The van der Waals surface area contributed by atoms with Gasteiger partial charge in [-0.1, -0.05) is 0 Å². The summed E-state index contributed by atoms with van der Waals surface area (Å²) in [5, 5.41) is 14.4. The molecule has 1 heterocycles.